The van der Waals surface area contributed by atoms with Crippen LogP contribution in [0.15, 0.2) is 46.9 Å². The normalized spacial score (nSPS) is 10.7. The molecule has 0 saturated heterocycles. The number of nitrogen functional groups attached to an aromatic ring is 1. The van der Waals surface area contributed by atoms with E-state index in [0.717, 1.165) is 5.52 Å². The Morgan fingerprint density at radius 3 is 2.67 bits per heavy atom. The number of primary amides is 1. The summed E-state index contributed by atoms with van der Waals surface area (Å²) in [6, 6.07) is 11.8. The minimum atomic E-state index is -0.474. The molecule has 0 aliphatic rings. The molecule has 0 aliphatic heterocycles. The molecule has 4 N–H and O–H groups in total. The molecule has 1 aromatic heterocycles. The van der Waals surface area contributed by atoms with Gasteiger partial charge in [0.2, 0.25) is 11.8 Å². The second-order valence-corrected chi connectivity index (χ2v) is 4.51. The summed E-state index contributed by atoms with van der Waals surface area (Å²) in [7, 11) is 0. The van der Waals surface area contributed by atoms with Crippen molar-refractivity contribution in [3.05, 3.63) is 53.9 Å². The molecule has 0 unspecified atom stereocenters. The number of hydrogen-bond acceptors (Lipinski definition) is 5. The van der Waals surface area contributed by atoms with Crippen LogP contribution in [0.2, 0.25) is 0 Å². The number of amides is 1. The Morgan fingerprint density at radius 2 is 1.95 bits per heavy atom. The maximum Gasteiger partial charge on any atom is 0.248 e. The van der Waals surface area contributed by atoms with Crippen molar-refractivity contribution in [2.75, 3.05) is 5.73 Å². The van der Waals surface area contributed by atoms with Crippen LogP contribution in [0.3, 0.4) is 0 Å². The van der Waals surface area contributed by atoms with E-state index in [4.69, 9.17) is 20.6 Å². The first-order chi connectivity index (χ1) is 10.1. The largest absolute Gasteiger partial charge is 0.484 e. The number of hydrogen-bond donors (Lipinski definition) is 2. The summed E-state index contributed by atoms with van der Waals surface area (Å²) in [5, 5.41) is 0. The van der Waals surface area contributed by atoms with E-state index in [-0.39, 0.29) is 6.61 Å². The molecular weight excluding hydrogens is 270 g/mol. The predicted octanol–water partition coefficient (Wildman–Crippen LogP) is 2.09. The van der Waals surface area contributed by atoms with Crippen molar-refractivity contribution >= 4 is 22.7 Å². The van der Waals surface area contributed by atoms with Crippen LogP contribution in [-0.4, -0.2) is 10.9 Å². The molecule has 6 nitrogen and oxygen atoms in total. The van der Waals surface area contributed by atoms with E-state index in [1.165, 1.54) is 0 Å². The minimum Gasteiger partial charge on any atom is -0.484 e. The van der Waals surface area contributed by atoms with Gasteiger partial charge in [-0.05, 0) is 36.4 Å². The van der Waals surface area contributed by atoms with Gasteiger partial charge in [-0.1, -0.05) is 0 Å². The molecule has 21 heavy (non-hydrogen) atoms. The molecule has 0 bridgehead atoms. The van der Waals surface area contributed by atoms with Gasteiger partial charge >= 0.3 is 0 Å². The summed E-state index contributed by atoms with van der Waals surface area (Å²) in [5.74, 6) is 0.578. The smallest absolute Gasteiger partial charge is 0.248 e. The lowest BCUT2D eigenvalue weighted by molar-refractivity contribution is 0.1000. The zero-order chi connectivity index (χ0) is 14.8. The van der Waals surface area contributed by atoms with Gasteiger partial charge in [0.25, 0.3) is 0 Å². The number of carbonyl (C=O) groups excluding carboxylic acids is 1. The van der Waals surface area contributed by atoms with Gasteiger partial charge in [0.05, 0.1) is 0 Å². The second kappa shape index (κ2) is 5.16. The number of anilines is 1. The maximum atomic E-state index is 11.0. The van der Waals surface area contributed by atoms with Crippen LogP contribution in [0.4, 0.5) is 5.69 Å². The van der Waals surface area contributed by atoms with Crippen LogP contribution in [0.5, 0.6) is 5.75 Å². The molecule has 3 rings (SSSR count). The molecule has 6 heteroatoms. The predicted molar refractivity (Wildman–Crippen MR) is 77.7 cm³/mol. The van der Waals surface area contributed by atoms with Gasteiger partial charge in [0.1, 0.15) is 11.3 Å². The van der Waals surface area contributed by atoms with Crippen LogP contribution in [0.1, 0.15) is 16.2 Å². The number of nitrogens with two attached hydrogens (primary N) is 2. The third-order valence-corrected chi connectivity index (χ3v) is 2.96. The highest BCUT2D eigenvalue weighted by atomic mass is 16.5. The standard InChI is InChI=1S/C15H13N3O3/c16-10-3-6-12-13(7-10)21-14(18-12)8-20-11-4-1-9(2-5-11)15(17)19/h1-7H,8,16H2,(H2,17,19). The van der Waals surface area contributed by atoms with Crippen molar-refractivity contribution in [1.29, 1.82) is 0 Å². The third kappa shape index (κ3) is 2.79. The molecule has 0 fully saturated rings. The number of fused-ring (bicyclic) bond motifs is 1. The van der Waals surface area contributed by atoms with Crippen LogP contribution in [0, 0.1) is 0 Å². The molecule has 1 heterocycles. The number of ether oxygens (including phenoxy) is 1. The SMILES string of the molecule is NC(=O)c1ccc(OCc2nc3ccc(N)cc3o2)cc1. The van der Waals surface area contributed by atoms with E-state index < -0.39 is 5.91 Å². The first-order valence-electron chi connectivity index (χ1n) is 6.29. The lowest BCUT2D eigenvalue weighted by Gasteiger charge is -2.03. The molecule has 0 atom stereocenters. The van der Waals surface area contributed by atoms with Gasteiger partial charge in [-0.25, -0.2) is 4.98 Å². The first-order valence-corrected chi connectivity index (χ1v) is 6.29. The quantitative estimate of drug-likeness (QED) is 0.713. The van der Waals surface area contributed by atoms with Crippen LogP contribution in [-0.2, 0) is 6.61 Å². The zero-order valence-electron chi connectivity index (χ0n) is 11.1. The molecular formula is C15H13N3O3. The number of benzene rings is 2. The summed E-state index contributed by atoms with van der Waals surface area (Å²) >= 11 is 0. The van der Waals surface area contributed by atoms with Gasteiger partial charge in [-0.2, -0.15) is 0 Å². The first kappa shape index (κ1) is 13.0. The van der Waals surface area contributed by atoms with Gasteiger partial charge in [-0.15, -0.1) is 0 Å². The number of rotatable bonds is 4. The Hall–Kier alpha value is -3.02. The second-order valence-electron chi connectivity index (χ2n) is 4.51. The number of aromatic nitrogens is 1. The Bertz CT molecular complexity index is 794. The van der Waals surface area contributed by atoms with E-state index in [1.54, 1.807) is 42.5 Å². The van der Waals surface area contributed by atoms with Crippen molar-refractivity contribution in [1.82, 2.24) is 4.98 Å². The summed E-state index contributed by atoms with van der Waals surface area (Å²) in [4.78, 5) is 15.3. The highest BCUT2D eigenvalue weighted by molar-refractivity contribution is 5.92. The van der Waals surface area contributed by atoms with Crippen LogP contribution in [0.25, 0.3) is 11.1 Å². The van der Waals surface area contributed by atoms with E-state index >= 15 is 0 Å². The minimum absolute atomic E-state index is 0.185. The fourth-order valence-electron chi connectivity index (χ4n) is 1.91. The van der Waals surface area contributed by atoms with Crippen LogP contribution < -0.4 is 16.2 Å². The van der Waals surface area contributed by atoms with Gasteiger partial charge in [-0.3, -0.25) is 4.79 Å². The topological polar surface area (TPSA) is 104 Å². The Labute approximate surface area is 120 Å². The van der Waals surface area contributed by atoms with Crippen molar-refractivity contribution in [3.8, 4) is 5.75 Å². The lowest BCUT2D eigenvalue weighted by Crippen LogP contribution is -2.10. The molecule has 3 aromatic rings. The summed E-state index contributed by atoms with van der Waals surface area (Å²) < 4.78 is 11.1. The number of oxazole rings is 1. The monoisotopic (exact) mass is 283 g/mol. The molecule has 0 spiro atoms. The average molecular weight is 283 g/mol. The fourth-order valence-corrected chi connectivity index (χ4v) is 1.91. The van der Waals surface area contributed by atoms with Gasteiger partial charge in [0, 0.05) is 17.3 Å². The number of nitrogens with zero attached hydrogens (tertiary/aromatic N) is 1. The summed E-state index contributed by atoms with van der Waals surface area (Å²) in [5.41, 5.74) is 13.2. The van der Waals surface area contributed by atoms with Crippen molar-refractivity contribution in [2.45, 2.75) is 6.61 Å². The van der Waals surface area contributed by atoms with Crippen molar-refractivity contribution in [3.63, 3.8) is 0 Å². The van der Waals surface area contributed by atoms with Crippen LogP contribution >= 0.6 is 0 Å². The van der Waals surface area contributed by atoms with E-state index in [2.05, 4.69) is 4.98 Å². The highest BCUT2D eigenvalue weighted by Crippen LogP contribution is 2.20. The average Bonchev–Trinajstić information content (AvgIpc) is 2.87. The van der Waals surface area contributed by atoms with Gasteiger partial charge in [0.15, 0.2) is 12.2 Å². The molecule has 106 valence electrons. The number of carbonyl (C=O) groups is 1. The van der Waals surface area contributed by atoms with Crippen molar-refractivity contribution < 1.29 is 13.9 Å². The Balaban J connectivity index is 1.72. The highest BCUT2D eigenvalue weighted by Gasteiger charge is 2.07. The van der Waals surface area contributed by atoms with E-state index in [1.807, 2.05) is 0 Å². The van der Waals surface area contributed by atoms with E-state index in [9.17, 15) is 4.79 Å². The Kier molecular flexibility index (Phi) is 3.19. The molecule has 2 aromatic carbocycles. The summed E-state index contributed by atoms with van der Waals surface area (Å²) in [6.45, 7) is 0.185. The molecule has 0 saturated carbocycles. The molecule has 0 radical (unpaired) electrons. The maximum absolute atomic E-state index is 11.0. The summed E-state index contributed by atoms with van der Waals surface area (Å²) in [6.07, 6.45) is 0. The molecule has 1 amide bonds. The fraction of sp³-hybridized carbons (Fsp3) is 0.0667. The zero-order valence-corrected chi connectivity index (χ0v) is 11.1. The lowest BCUT2D eigenvalue weighted by atomic mass is 10.2. The third-order valence-electron chi connectivity index (χ3n) is 2.96. The van der Waals surface area contributed by atoms with E-state index in [0.29, 0.717) is 28.5 Å². The van der Waals surface area contributed by atoms with Crippen molar-refractivity contribution in [2.24, 2.45) is 5.73 Å². The Morgan fingerprint density at radius 1 is 1.19 bits per heavy atom. The van der Waals surface area contributed by atoms with Gasteiger partial charge < -0.3 is 20.6 Å². The molecule has 0 aliphatic carbocycles.